The number of hydrogen-bond donors (Lipinski definition) is 5. The number of fused-ring (bicyclic) bond motifs is 4. The maximum Gasteiger partial charge on any atom is 0.198 e. The first-order valence-corrected chi connectivity index (χ1v) is 11.4. The highest BCUT2D eigenvalue weighted by atomic mass is 16.3. The molecule has 0 spiro atoms. The zero-order valence-corrected chi connectivity index (χ0v) is 18.8. The van der Waals surface area contributed by atoms with Crippen molar-refractivity contribution in [1.82, 2.24) is 0 Å². The average Bonchev–Trinajstić information content (AvgIpc) is 3.57. The Morgan fingerprint density at radius 3 is 2.54 bits per heavy atom. The maximum atomic E-state index is 13.8. The van der Waals surface area contributed by atoms with Gasteiger partial charge >= 0.3 is 0 Å². The molecule has 1 aliphatic heterocycles. The molecule has 4 aliphatic rings. The van der Waals surface area contributed by atoms with E-state index in [0.29, 0.717) is 23.2 Å². The number of carbonyl (C=O) groups is 2. The number of allylic oxidation sites excluding steroid dienone is 2. The minimum absolute atomic E-state index is 0.0445. The number of nitrogens with one attached hydrogen (secondary N) is 1. The fourth-order valence-electron chi connectivity index (χ4n) is 6.29. The molecule has 0 unspecified atom stereocenters. The molecule has 5 atom stereocenters. The van der Waals surface area contributed by atoms with Crippen LogP contribution in [0, 0.1) is 29.1 Å². The highest BCUT2D eigenvalue weighted by Gasteiger charge is 2.79. The van der Waals surface area contributed by atoms with Crippen molar-refractivity contribution < 1.29 is 24.9 Å². The summed E-state index contributed by atoms with van der Waals surface area (Å²) in [4.78, 5) is 27.3. The van der Waals surface area contributed by atoms with E-state index in [2.05, 4.69) is 29.0 Å². The number of hydrogen-bond acceptors (Lipinski definition) is 7. The number of nitrogens with two attached hydrogens (primary N) is 1. The van der Waals surface area contributed by atoms with E-state index >= 15 is 0 Å². The van der Waals surface area contributed by atoms with Gasteiger partial charge in [-0.3, -0.25) is 9.59 Å². The van der Waals surface area contributed by atoms with Crippen LogP contribution < -0.4 is 11.1 Å². The normalized spacial score (nSPS) is 30.5. The summed E-state index contributed by atoms with van der Waals surface area (Å²) in [5.74, 6) is 10.4. The van der Waals surface area contributed by atoms with Gasteiger partial charge in [-0.05, 0) is 54.8 Å². The monoisotopic (exact) mass is 466 g/mol. The number of aromatic hydroxyl groups is 1. The van der Waals surface area contributed by atoms with Crippen molar-refractivity contribution in [3.63, 3.8) is 0 Å². The predicted molar refractivity (Wildman–Crippen MR) is 128 cm³/mol. The Bertz CT molecular complexity index is 1520. The van der Waals surface area contributed by atoms with Gasteiger partial charge in [0.1, 0.15) is 11.9 Å². The van der Waals surface area contributed by atoms with Crippen molar-refractivity contribution in [2.45, 2.75) is 43.6 Å². The summed E-state index contributed by atoms with van der Waals surface area (Å²) in [5.41, 5.74) is 5.58. The standard InChI is InChI=1S/C28H22N2O5/c1-14(31)27-13-28(27)18-11-19(32)22-23(24(18)30-20(27)6-4-2-3-5-7-21(28)33)25(34)16-9-8-15(12-29)10-17(16)26(22)35/h2-3,8-11,14,20-21,30-33H,12-13,29H2,1H3/b3-2-/t14-,20+,21+,27-,28-/m1/s1. The van der Waals surface area contributed by atoms with Crippen LogP contribution in [0.3, 0.4) is 0 Å². The van der Waals surface area contributed by atoms with Gasteiger partial charge in [0.05, 0.1) is 29.0 Å². The molecular weight excluding hydrogens is 444 g/mol. The van der Waals surface area contributed by atoms with Crippen molar-refractivity contribution in [3.05, 3.63) is 69.8 Å². The quantitative estimate of drug-likeness (QED) is 0.285. The number of phenolic OH excluding ortho intramolecular Hbond substituents is 1. The predicted octanol–water partition coefficient (Wildman–Crippen LogP) is 1.37. The third-order valence-electron chi connectivity index (χ3n) is 8.04. The average molecular weight is 466 g/mol. The van der Waals surface area contributed by atoms with Crippen molar-refractivity contribution >= 4 is 17.3 Å². The molecule has 6 N–H and O–H groups in total. The van der Waals surface area contributed by atoms with Crippen molar-refractivity contribution in [2.75, 3.05) is 5.32 Å². The lowest BCUT2D eigenvalue weighted by Crippen LogP contribution is -2.50. The van der Waals surface area contributed by atoms with Crippen LogP contribution in [0.5, 0.6) is 5.75 Å². The first kappa shape index (κ1) is 21.6. The molecule has 2 aromatic rings. The number of ketones is 2. The summed E-state index contributed by atoms with van der Waals surface area (Å²) in [5, 5.41) is 36.6. The van der Waals surface area contributed by atoms with Gasteiger partial charge in [0, 0.05) is 28.5 Å². The summed E-state index contributed by atoms with van der Waals surface area (Å²) in [7, 11) is 0. The van der Waals surface area contributed by atoms with E-state index in [9.17, 15) is 24.9 Å². The number of carbonyl (C=O) groups excluding carboxylic acids is 2. The number of phenols is 1. The van der Waals surface area contributed by atoms with Gasteiger partial charge in [-0.25, -0.2) is 0 Å². The molecule has 35 heavy (non-hydrogen) atoms. The molecule has 7 heteroatoms. The lowest BCUT2D eigenvalue weighted by Gasteiger charge is -2.42. The number of benzene rings is 2. The maximum absolute atomic E-state index is 13.8. The molecule has 1 saturated carbocycles. The lowest BCUT2D eigenvalue weighted by atomic mass is 9.69. The van der Waals surface area contributed by atoms with E-state index in [4.69, 9.17) is 5.73 Å². The molecule has 1 fully saturated rings. The molecule has 0 radical (unpaired) electrons. The highest BCUT2D eigenvalue weighted by molar-refractivity contribution is 6.31. The van der Waals surface area contributed by atoms with E-state index in [1.165, 1.54) is 6.07 Å². The van der Waals surface area contributed by atoms with Gasteiger partial charge in [0.15, 0.2) is 11.6 Å². The summed E-state index contributed by atoms with van der Waals surface area (Å²) in [6, 6.07) is 5.65. The van der Waals surface area contributed by atoms with E-state index in [0.717, 1.165) is 0 Å². The Labute approximate surface area is 201 Å². The number of aliphatic hydroxyl groups excluding tert-OH is 2. The van der Waals surface area contributed by atoms with Gasteiger partial charge in [-0.1, -0.05) is 29.7 Å². The molecule has 0 amide bonds. The van der Waals surface area contributed by atoms with Crippen LogP contribution in [0.1, 0.15) is 56.3 Å². The molecular formula is C28H22N2O5. The summed E-state index contributed by atoms with van der Waals surface area (Å²) >= 11 is 0. The van der Waals surface area contributed by atoms with E-state index < -0.39 is 40.6 Å². The minimum atomic E-state index is -1.20. The van der Waals surface area contributed by atoms with Gasteiger partial charge in [-0.2, -0.15) is 0 Å². The summed E-state index contributed by atoms with van der Waals surface area (Å²) in [6.45, 7) is 1.85. The zero-order chi connectivity index (χ0) is 24.7. The number of rotatable bonds is 2. The number of aliphatic hydroxyl groups is 2. The van der Waals surface area contributed by atoms with Gasteiger partial charge < -0.3 is 26.4 Å². The summed E-state index contributed by atoms with van der Waals surface area (Å²) < 4.78 is 0. The molecule has 2 aromatic carbocycles. The van der Waals surface area contributed by atoms with Gasteiger partial charge in [-0.15, -0.1) is 0 Å². The smallest absolute Gasteiger partial charge is 0.198 e. The molecule has 1 heterocycles. The molecule has 6 rings (SSSR count). The van der Waals surface area contributed by atoms with Crippen molar-refractivity contribution in [1.29, 1.82) is 0 Å². The molecule has 7 nitrogen and oxygen atoms in total. The van der Waals surface area contributed by atoms with Gasteiger partial charge in [0.2, 0.25) is 0 Å². The lowest BCUT2D eigenvalue weighted by molar-refractivity contribution is 0.0603. The zero-order valence-electron chi connectivity index (χ0n) is 18.8. The Balaban J connectivity index is 1.66. The van der Waals surface area contributed by atoms with E-state index in [1.807, 2.05) is 0 Å². The SMILES string of the molecule is C[C@@H](O)[C@@]12C[C@]13c1cc(O)c4c(c1N[C@H]2C#C/C=C\C#C[C@@H]3O)C(=O)c1ccc(CN)cc1C4=O. The fraction of sp³-hybridized carbons (Fsp3) is 0.286. The second-order valence-electron chi connectivity index (χ2n) is 9.57. The van der Waals surface area contributed by atoms with Crippen LogP contribution in [0.15, 0.2) is 36.4 Å². The molecule has 174 valence electrons. The largest absolute Gasteiger partial charge is 0.507 e. The second kappa shape index (κ2) is 7.07. The van der Waals surface area contributed by atoms with Crippen LogP contribution >= 0.6 is 0 Å². The second-order valence-corrected chi connectivity index (χ2v) is 9.57. The number of anilines is 1. The third kappa shape index (κ3) is 2.53. The van der Waals surface area contributed by atoms with Crippen molar-refractivity contribution in [2.24, 2.45) is 11.1 Å². The Kier molecular flexibility index (Phi) is 4.37. The molecule has 0 aromatic heterocycles. The first-order valence-electron chi connectivity index (χ1n) is 11.4. The van der Waals surface area contributed by atoms with Crippen LogP contribution in [0.25, 0.3) is 0 Å². The van der Waals surface area contributed by atoms with E-state index in [1.54, 1.807) is 37.3 Å². The Hall–Kier alpha value is -3.88. The Morgan fingerprint density at radius 1 is 1.11 bits per heavy atom. The van der Waals surface area contributed by atoms with Crippen LogP contribution in [-0.2, 0) is 12.0 Å². The van der Waals surface area contributed by atoms with Crippen LogP contribution in [-0.4, -0.2) is 45.1 Å². The minimum Gasteiger partial charge on any atom is -0.507 e. The van der Waals surface area contributed by atoms with Gasteiger partial charge in [0.25, 0.3) is 0 Å². The molecule has 3 aliphatic carbocycles. The Morgan fingerprint density at radius 2 is 1.83 bits per heavy atom. The third-order valence-corrected chi connectivity index (χ3v) is 8.04. The summed E-state index contributed by atoms with van der Waals surface area (Å²) in [6.07, 6.45) is 1.36. The van der Waals surface area contributed by atoms with E-state index in [-0.39, 0.29) is 34.5 Å². The van der Waals surface area contributed by atoms with Crippen LogP contribution in [0.4, 0.5) is 5.69 Å². The molecule has 2 bridgehead atoms. The van der Waals surface area contributed by atoms with Crippen LogP contribution in [0.2, 0.25) is 0 Å². The highest BCUT2D eigenvalue weighted by Crippen LogP contribution is 2.74. The van der Waals surface area contributed by atoms with Crippen molar-refractivity contribution in [3.8, 4) is 29.4 Å². The molecule has 0 saturated heterocycles. The topological polar surface area (TPSA) is 133 Å². The first-order chi connectivity index (χ1) is 16.8. The fourth-order valence-corrected chi connectivity index (χ4v) is 6.29.